The van der Waals surface area contributed by atoms with Gasteiger partial charge in [0.05, 0.1) is 139 Å². The Bertz CT molecular complexity index is 507. The quantitative estimate of drug-likeness (QED) is 0.0749. The molecule has 0 saturated heterocycles. The van der Waals surface area contributed by atoms with Gasteiger partial charge in [-0.05, 0) is 0 Å². The van der Waals surface area contributed by atoms with Crippen molar-refractivity contribution in [1.29, 1.82) is 0 Å². The van der Waals surface area contributed by atoms with Crippen LogP contribution in [0.2, 0.25) is 0 Å². The third-order valence-corrected chi connectivity index (χ3v) is 4.48. The summed E-state index contributed by atoms with van der Waals surface area (Å²) in [6.45, 7) is 10.6. The van der Waals surface area contributed by atoms with Gasteiger partial charge in [-0.3, -0.25) is 4.79 Å². The van der Waals surface area contributed by atoms with Crippen molar-refractivity contribution in [2.45, 2.75) is 6.92 Å². The third kappa shape index (κ3) is 38.5. The molecule has 0 bridgehead atoms. The normalized spacial score (nSPS) is 11.2. The Morgan fingerprint density at radius 3 is 0.756 bits per heavy atom. The van der Waals surface area contributed by atoms with Gasteiger partial charge in [-0.25, -0.2) is 4.79 Å². The lowest BCUT2D eigenvalue weighted by atomic mass is 10.6. The molecule has 0 rings (SSSR count). The molecule has 0 spiro atoms. The van der Waals surface area contributed by atoms with Crippen molar-refractivity contribution in [2.24, 2.45) is 0 Å². The van der Waals surface area contributed by atoms with E-state index in [1.54, 1.807) is 0 Å². The Morgan fingerprint density at radius 1 is 0.366 bits per heavy atom. The molecule has 0 unspecified atom stereocenters. The summed E-state index contributed by atoms with van der Waals surface area (Å²) < 4.78 is 63.3. The number of carbonyl (C=O) groups is 2. The van der Waals surface area contributed by atoms with E-state index < -0.39 is 5.97 Å². The highest BCUT2D eigenvalue weighted by Gasteiger charge is 1.98. The maximum atomic E-state index is 10.6. The first-order valence-corrected chi connectivity index (χ1v) is 13.8. The van der Waals surface area contributed by atoms with Gasteiger partial charge in [0, 0.05) is 6.92 Å². The number of carbonyl (C=O) groups excluding carboxylic acids is 1. The second-order valence-electron chi connectivity index (χ2n) is 7.91. The molecule has 0 aromatic rings. The maximum Gasteiger partial charge on any atom is 0.329 e. The molecule has 15 heteroatoms. The minimum absolute atomic E-state index is 0.238. The molecule has 0 radical (unpaired) electrons. The molecule has 0 atom stereocenters. The number of carboxylic acid groups (broad SMARTS) is 1. The third-order valence-electron chi connectivity index (χ3n) is 4.48. The summed E-state index contributed by atoms with van der Waals surface area (Å²) in [4.78, 5) is 20.8. The van der Waals surface area contributed by atoms with Gasteiger partial charge in [0.25, 0.3) is 0 Å². The van der Waals surface area contributed by atoms with E-state index in [4.69, 9.17) is 61.9 Å². The molecule has 0 saturated carbocycles. The van der Waals surface area contributed by atoms with Crippen LogP contribution in [0.5, 0.6) is 0 Å². The first-order valence-electron chi connectivity index (χ1n) is 13.8. The molecule has 0 aromatic heterocycles. The molecule has 0 heterocycles. The highest BCUT2D eigenvalue weighted by Crippen LogP contribution is 1.87. The van der Waals surface area contributed by atoms with E-state index in [1.807, 2.05) is 0 Å². The van der Waals surface area contributed by atoms with Crippen LogP contribution in [0.4, 0.5) is 0 Å². The summed E-state index contributed by atoms with van der Waals surface area (Å²) in [7, 11) is 0. The fourth-order valence-electron chi connectivity index (χ4n) is 2.60. The fourth-order valence-corrected chi connectivity index (χ4v) is 2.60. The van der Waals surface area contributed by atoms with Crippen LogP contribution in [-0.4, -0.2) is 169 Å². The Balaban J connectivity index is 3.04. The smallest absolute Gasteiger partial charge is 0.329 e. The van der Waals surface area contributed by atoms with E-state index in [1.165, 1.54) is 6.92 Å². The minimum Gasteiger partial charge on any atom is -0.480 e. The van der Waals surface area contributed by atoms with Gasteiger partial charge < -0.3 is 61.9 Å². The largest absolute Gasteiger partial charge is 0.480 e. The number of ether oxygens (including phenoxy) is 12. The SMILES string of the molecule is CC(=O)OCCOCCOCCOCCOCCOCCOCCOCCOCCOCCOCCOCC(=O)O. The van der Waals surface area contributed by atoms with E-state index >= 15 is 0 Å². The molecule has 0 aromatic carbocycles. The summed E-state index contributed by atoms with van der Waals surface area (Å²) >= 11 is 0. The average Bonchev–Trinajstić information content (AvgIpc) is 2.94. The molecule has 0 aliphatic carbocycles. The second-order valence-corrected chi connectivity index (χ2v) is 7.91. The van der Waals surface area contributed by atoms with Crippen LogP contribution < -0.4 is 0 Å². The Labute approximate surface area is 242 Å². The van der Waals surface area contributed by atoms with E-state index in [-0.39, 0.29) is 25.8 Å². The molecule has 15 nitrogen and oxygen atoms in total. The molecule has 41 heavy (non-hydrogen) atoms. The van der Waals surface area contributed by atoms with Gasteiger partial charge >= 0.3 is 11.9 Å². The van der Waals surface area contributed by atoms with Gasteiger partial charge in [-0.15, -0.1) is 0 Å². The minimum atomic E-state index is -0.999. The predicted molar refractivity (Wildman–Crippen MR) is 143 cm³/mol. The van der Waals surface area contributed by atoms with Crippen molar-refractivity contribution in [1.82, 2.24) is 0 Å². The van der Waals surface area contributed by atoms with E-state index in [9.17, 15) is 9.59 Å². The maximum absolute atomic E-state index is 10.6. The topological polar surface area (TPSA) is 165 Å². The van der Waals surface area contributed by atoms with Gasteiger partial charge in [-0.1, -0.05) is 0 Å². The highest BCUT2D eigenvalue weighted by atomic mass is 16.6. The van der Waals surface area contributed by atoms with Gasteiger partial charge in [0.1, 0.15) is 13.2 Å². The van der Waals surface area contributed by atoms with E-state index in [0.717, 1.165) is 0 Å². The zero-order chi connectivity index (χ0) is 29.9. The monoisotopic (exact) mass is 602 g/mol. The molecular weight excluding hydrogens is 552 g/mol. The number of carboxylic acids is 1. The summed E-state index contributed by atoms with van der Waals surface area (Å²) in [5, 5.41) is 8.41. The zero-order valence-electron chi connectivity index (χ0n) is 24.4. The van der Waals surface area contributed by atoms with Crippen molar-refractivity contribution in [3.05, 3.63) is 0 Å². The van der Waals surface area contributed by atoms with Crippen LogP contribution in [-0.2, 0) is 66.4 Å². The first-order chi connectivity index (χ1) is 20.1. The Morgan fingerprint density at radius 2 is 0.561 bits per heavy atom. The van der Waals surface area contributed by atoms with Gasteiger partial charge in [0.15, 0.2) is 0 Å². The highest BCUT2D eigenvalue weighted by molar-refractivity contribution is 5.68. The van der Waals surface area contributed by atoms with Gasteiger partial charge in [-0.2, -0.15) is 0 Å². The lowest BCUT2D eigenvalue weighted by Crippen LogP contribution is -2.15. The lowest BCUT2D eigenvalue weighted by molar-refractivity contribution is -0.143. The Hall–Kier alpha value is -1.50. The summed E-state index contributed by atoms with van der Waals surface area (Å²) in [5.74, 6) is -1.32. The Kier molecular flexibility index (Phi) is 33.4. The van der Waals surface area contributed by atoms with Crippen molar-refractivity contribution in [2.75, 3.05) is 152 Å². The molecule has 0 aliphatic heterocycles. The number of rotatable bonds is 35. The number of hydrogen-bond donors (Lipinski definition) is 1. The van der Waals surface area contributed by atoms with Crippen LogP contribution in [0.15, 0.2) is 0 Å². The zero-order valence-corrected chi connectivity index (χ0v) is 24.4. The molecule has 1 N–H and O–H groups in total. The van der Waals surface area contributed by atoms with Crippen LogP contribution in [0.1, 0.15) is 6.92 Å². The van der Waals surface area contributed by atoms with Gasteiger partial charge in [0.2, 0.25) is 0 Å². The predicted octanol–water partition coefficient (Wildman–Crippen LogP) is -0.183. The molecule has 244 valence electrons. The standard InChI is InChI=1S/C26H50O15/c1-25(27)41-23-22-39-19-18-37-15-14-35-11-10-33-7-6-31-3-2-30-4-5-32-8-9-34-12-13-36-16-17-38-20-21-40-24-26(28)29/h2-24H2,1H3,(H,28,29). The molecule has 0 aliphatic rings. The van der Waals surface area contributed by atoms with Crippen LogP contribution in [0, 0.1) is 0 Å². The summed E-state index contributed by atoms with van der Waals surface area (Å²) in [5.41, 5.74) is 0. The average molecular weight is 603 g/mol. The molecule has 0 amide bonds. The first kappa shape index (κ1) is 39.5. The van der Waals surface area contributed by atoms with E-state index in [2.05, 4.69) is 0 Å². The van der Waals surface area contributed by atoms with E-state index in [0.29, 0.717) is 132 Å². The van der Waals surface area contributed by atoms with Crippen molar-refractivity contribution in [3.63, 3.8) is 0 Å². The fraction of sp³-hybridized carbons (Fsp3) is 0.923. The summed E-state index contributed by atoms with van der Waals surface area (Å²) in [6.07, 6.45) is 0. The molecule has 0 fully saturated rings. The number of hydrogen-bond acceptors (Lipinski definition) is 14. The summed E-state index contributed by atoms with van der Waals surface area (Å²) in [6, 6.07) is 0. The second kappa shape index (κ2) is 34.7. The number of esters is 1. The van der Waals surface area contributed by atoms with Crippen molar-refractivity contribution >= 4 is 11.9 Å². The van der Waals surface area contributed by atoms with Crippen molar-refractivity contribution < 1.29 is 71.5 Å². The lowest BCUT2D eigenvalue weighted by Gasteiger charge is -2.09. The van der Waals surface area contributed by atoms with Crippen molar-refractivity contribution in [3.8, 4) is 0 Å². The van der Waals surface area contributed by atoms with Crippen LogP contribution >= 0.6 is 0 Å². The number of aliphatic carboxylic acids is 1. The van der Waals surface area contributed by atoms with Crippen LogP contribution in [0.3, 0.4) is 0 Å². The van der Waals surface area contributed by atoms with Crippen LogP contribution in [0.25, 0.3) is 0 Å². The molecular formula is C26H50O15.